The number of nitrogens with two attached hydrogens (primary N) is 1. The zero-order valence-corrected chi connectivity index (χ0v) is 16.6. The van der Waals surface area contributed by atoms with E-state index in [0.717, 1.165) is 10.9 Å². The Morgan fingerprint density at radius 1 is 1.06 bits per heavy atom. The Balaban J connectivity index is 1.53. The van der Waals surface area contributed by atoms with Crippen molar-refractivity contribution in [3.05, 3.63) is 88.1 Å². The Labute approximate surface area is 179 Å². The van der Waals surface area contributed by atoms with Crippen molar-refractivity contribution in [1.29, 1.82) is 0 Å². The molecule has 0 aliphatic rings. The van der Waals surface area contributed by atoms with E-state index < -0.39 is 11.9 Å². The van der Waals surface area contributed by atoms with Gasteiger partial charge in [0.05, 0.1) is 22.1 Å². The second-order valence-corrected chi connectivity index (χ2v) is 7.23. The number of nitrogens with zero attached hydrogens (tertiary/aromatic N) is 2. The third-order valence-corrected chi connectivity index (χ3v) is 5.15. The highest BCUT2D eigenvalue weighted by atomic mass is 19.1. The van der Waals surface area contributed by atoms with E-state index in [1.807, 2.05) is 12.1 Å². The summed E-state index contributed by atoms with van der Waals surface area (Å²) in [4.78, 5) is 29.9. The summed E-state index contributed by atoms with van der Waals surface area (Å²) in [5.74, 6) is -0.392. The van der Waals surface area contributed by atoms with Crippen molar-refractivity contribution >= 4 is 27.9 Å². The van der Waals surface area contributed by atoms with Gasteiger partial charge in [-0.3, -0.25) is 4.79 Å². The van der Waals surface area contributed by atoms with Gasteiger partial charge < -0.3 is 15.5 Å². The van der Waals surface area contributed by atoms with Gasteiger partial charge in [-0.15, -0.1) is 0 Å². The minimum absolute atomic E-state index is 0.0325. The lowest BCUT2D eigenvalue weighted by atomic mass is 9.98. The molecule has 2 heterocycles. The molecule has 2 aromatic heterocycles. The number of halogens is 1. The maximum Gasteiger partial charge on any atom is 0.412 e. The Morgan fingerprint density at radius 2 is 1.88 bits per heavy atom. The van der Waals surface area contributed by atoms with Crippen molar-refractivity contribution in [3.8, 4) is 17.1 Å². The van der Waals surface area contributed by atoms with Gasteiger partial charge in [-0.2, -0.15) is 10.1 Å². The van der Waals surface area contributed by atoms with Crippen LogP contribution in [0.2, 0.25) is 0 Å². The lowest BCUT2D eigenvalue weighted by Gasteiger charge is -2.09. The largest absolute Gasteiger partial charge is 0.412 e. The van der Waals surface area contributed by atoms with Gasteiger partial charge in [-0.05, 0) is 41.5 Å². The summed E-state index contributed by atoms with van der Waals surface area (Å²) in [5, 5.41) is 8.02. The van der Waals surface area contributed by atoms with Crippen LogP contribution in [0, 0.1) is 5.82 Å². The number of hydrogen-bond donors (Lipinski definition) is 3. The summed E-state index contributed by atoms with van der Waals surface area (Å²) < 4.78 is 19.5. The molecule has 0 atom stereocenters. The van der Waals surface area contributed by atoms with E-state index in [2.05, 4.69) is 20.2 Å². The first-order valence-electron chi connectivity index (χ1n) is 9.70. The smallest absolute Gasteiger partial charge is 0.376 e. The molecule has 3 aromatic carbocycles. The fraction of sp³-hybridized carbons (Fsp3) is 0.0435. The molecule has 32 heavy (non-hydrogen) atoms. The topological polar surface area (TPSA) is 127 Å². The van der Waals surface area contributed by atoms with Crippen molar-refractivity contribution in [3.63, 3.8) is 0 Å². The van der Waals surface area contributed by atoms with Crippen molar-refractivity contribution in [2.45, 2.75) is 6.42 Å². The predicted octanol–water partition coefficient (Wildman–Crippen LogP) is 3.65. The second-order valence-electron chi connectivity index (χ2n) is 7.23. The van der Waals surface area contributed by atoms with Gasteiger partial charge in [0.2, 0.25) is 0 Å². The molecule has 0 spiro atoms. The van der Waals surface area contributed by atoms with Crippen LogP contribution in [0.3, 0.4) is 0 Å². The van der Waals surface area contributed by atoms with Gasteiger partial charge in [-0.25, -0.2) is 14.3 Å². The molecule has 0 fully saturated rings. The first kappa shape index (κ1) is 19.4. The molecule has 5 aromatic rings. The summed E-state index contributed by atoms with van der Waals surface area (Å²) in [7, 11) is 0. The van der Waals surface area contributed by atoms with Gasteiger partial charge in [0, 0.05) is 17.4 Å². The number of primary amides is 1. The molecule has 4 N–H and O–H groups in total. The molecule has 0 bridgehead atoms. The molecule has 0 radical (unpaired) electrons. The summed E-state index contributed by atoms with van der Waals surface area (Å²) in [6, 6.07) is 17.2. The van der Waals surface area contributed by atoms with Crippen LogP contribution in [-0.2, 0) is 6.42 Å². The van der Waals surface area contributed by atoms with Crippen molar-refractivity contribution < 1.29 is 13.9 Å². The molecule has 0 aliphatic heterocycles. The third kappa shape index (κ3) is 3.56. The van der Waals surface area contributed by atoms with Gasteiger partial charge in [-0.1, -0.05) is 30.3 Å². The predicted molar refractivity (Wildman–Crippen MR) is 117 cm³/mol. The minimum atomic E-state index is -0.980. The summed E-state index contributed by atoms with van der Waals surface area (Å²) in [6.45, 7) is 0. The number of aromatic nitrogens is 4. The van der Waals surface area contributed by atoms with E-state index in [4.69, 9.17) is 10.5 Å². The zero-order chi connectivity index (χ0) is 22.2. The number of rotatable bonds is 4. The highest BCUT2D eigenvalue weighted by molar-refractivity contribution is 5.84. The number of fused-ring (bicyclic) bond motifs is 2. The molecular weight excluding hydrogens is 413 g/mol. The lowest BCUT2D eigenvalue weighted by Crippen LogP contribution is -2.16. The maximum atomic E-state index is 14.7. The van der Waals surface area contributed by atoms with Crippen molar-refractivity contribution in [1.82, 2.24) is 20.2 Å². The lowest BCUT2D eigenvalue weighted by molar-refractivity contribution is 0.207. The Morgan fingerprint density at radius 3 is 2.69 bits per heavy atom. The molecular formula is C23H16FN5O3. The fourth-order valence-electron chi connectivity index (χ4n) is 3.70. The van der Waals surface area contributed by atoms with Crippen LogP contribution < -0.4 is 16.0 Å². The summed E-state index contributed by atoms with van der Waals surface area (Å²) in [5.41, 5.74) is 8.38. The minimum Gasteiger partial charge on any atom is -0.376 e. The Kier molecular flexibility index (Phi) is 4.63. The number of benzene rings is 3. The van der Waals surface area contributed by atoms with E-state index in [0.29, 0.717) is 39.7 Å². The molecule has 1 amide bonds. The average Bonchev–Trinajstić information content (AvgIpc) is 3.18. The summed E-state index contributed by atoms with van der Waals surface area (Å²) in [6.07, 6.45) is -0.572. The van der Waals surface area contributed by atoms with Crippen LogP contribution in [0.5, 0.6) is 6.01 Å². The number of ether oxygens (including phenoxy) is 1. The number of hydrogen-bond acceptors (Lipinski definition) is 5. The maximum absolute atomic E-state index is 14.7. The van der Waals surface area contributed by atoms with Crippen molar-refractivity contribution in [2.24, 2.45) is 5.73 Å². The average molecular weight is 429 g/mol. The third-order valence-electron chi connectivity index (χ3n) is 5.15. The molecule has 0 unspecified atom stereocenters. The first-order chi connectivity index (χ1) is 15.5. The number of nitrogens with one attached hydrogen (secondary N) is 2. The zero-order valence-electron chi connectivity index (χ0n) is 16.6. The van der Waals surface area contributed by atoms with E-state index in [9.17, 15) is 14.0 Å². The number of carbonyl (C=O) groups excluding carboxylic acids is 1. The van der Waals surface area contributed by atoms with Crippen molar-refractivity contribution in [2.75, 3.05) is 0 Å². The molecule has 0 saturated carbocycles. The van der Waals surface area contributed by atoms with Crippen LogP contribution in [-0.4, -0.2) is 26.3 Å². The molecule has 5 rings (SSSR count). The van der Waals surface area contributed by atoms with Crippen LogP contribution in [0.15, 0.2) is 65.5 Å². The monoisotopic (exact) mass is 429 g/mol. The number of H-pyrrole nitrogens is 2. The number of amides is 1. The van der Waals surface area contributed by atoms with Gasteiger partial charge in [0.15, 0.2) is 0 Å². The van der Waals surface area contributed by atoms with Crippen LogP contribution in [0.1, 0.15) is 11.3 Å². The quantitative estimate of drug-likeness (QED) is 0.402. The summed E-state index contributed by atoms with van der Waals surface area (Å²) >= 11 is 0. The van der Waals surface area contributed by atoms with Crippen LogP contribution in [0.25, 0.3) is 32.9 Å². The molecule has 8 nitrogen and oxygen atoms in total. The highest BCUT2D eigenvalue weighted by Gasteiger charge is 2.13. The fourth-order valence-corrected chi connectivity index (χ4v) is 3.70. The van der Waals surface area contributed by atoms with Gasteiger partial charge >= 0.3 is 12.1 Å². The van der Waals surface area contributed by atoms with E-state index in [1.54, 1.807) is 42.5 Å². The number of aromatic amines is 2. The SMILES string of the molecule is NC(=O)Oc1nc2cc(-c3cc(Cc4n[nH]c(=O)c5ccccc45)ccc3F)ccc2[nH]1. The first-order valence-corrected chi connectivity index (χ1v) is 9.70. The number of imidazole rings is 1. The van der Waals surface area contributed by atoms with E-state index in [1.165, 1.54) is 6.07 Å². The Bertz CT molecular complexity index is 1560. The standard InChI is InChI=1S/C23H16FN5O3/c24-17-7-5-12(10-19-14-3-1-2-4-15(14)21(30)29-28-19)9-16(17)13-6-8-18-20(11-13)27-23(26-18)32-22(25)31/h1-9,11H,10H2,(H2,25,31)(H,26,27)(H,29,30). The second kappa shape index (κ2) is 7.62. The highest BCUT2D eigenvalue weighted by Crippen LogP contribution is 2.29. The molecule has 158 valence electrons. The molecule has 9 heteroatoms. The van der Waals surface area contributed by atoms with Gasteiger partial charge in [0.1, 0.15) is 5.82 Å². The Hall–Kier alpha value is -4.53. The van der Waals surface area contributed by atoms with Crippen LogP contribution >= 0.6 is 0 Å². The molecule has 0 saturated heterocycles. The van der Waals surface area contributed by atoms with Crippen LogP contribution in [0.4, 0.5) is 9.18 Å². The number of carbonyl (C=O) groups is 1. The normalized spacial score (nSPS) is 11.2. The molecule has 0 aliphatic carbocycles. The van der Waals surface area contributed by atoms with E-state index in [-0.39, 0.29) is 11.6 Å². The van der Waals surface area contributed by atoms with E-state index >= 15 is 0 Å². The van der Waals surface area contributed by atoms with Gasteiger partial charge in [0.25, 0.3) is 5.56 Å².